The zero-order valence-corrected chi connectivity index (χ0v) is 11.8. The number of rotatable bonds is 5. The van der Waals surface area contributed by atoms with Gasteiger partial charge in [-0.2, -0.15) is 0 Å². The smallest absolute Gasteiger partial charge is 0.303 e. The summed E-state index contributed by atoms with van der Waals surface area (Å²) in [4.78, 5) is 15.1. The molecule has 0 radical (unpaired) electrons. The molecule has 0 atom stereocenters. The maximum Gasteiger partial charge on any atom is 0.303 e. The molecular weight excluding hydrogens is 296 g/mol. The third-order valence-electron chi connectivity index (χ3n) is 2.90. The number of imidazole rings is 1. The van der Waals surface area contributed by atoms with E-state index in [4.69, 9.17) is 5.11 Å². The Morgan fingerprint density at radius 2 is 2.28 bits per heavy atom. The molecular formula is C13H15BrN2O2. The fourth-order valence-electron chi connectivity index (χ4n) is 2.09. The number of nitrogens with zero attached hydrogens (tertiary/aromatic N) is 2. The molecule has 1 aromatic heterocycles. The van der Waals surface area contributed by atoms with Gasteiger partial charge in [0.2, 0.25) is 0 Å². The largest absolute Gasteiger partial charge is 0.481 e. The van der Waals surface area contributed by atoms with Gasteiger partial charge in [-0.25, -0.2) is 4.98 Å². The lowest BCUT2D eigenvalue weighted by atomic mass is 10.2. The molecule has 1 heterocycles. The summed E-state index contributed by atoms with van der Waals surface area (Å²) in [5.41, 5.74) is 2.06. The van der Waals surface area contributed by atoms with Gasteiger partial charge in [-0.05, 0) is 31.5 Å². The maximum atomic E-state index is 10.5. The first-order valence-electron chi connectivity index (χ1n) is 5.98. The van der Waals surface area contributed by atoms with Crippen LogP contribution in [-0.2, 0) is 17.8 Å². The predicted octanol–water partition coefficient (Wildman–Crippen LogP) is 3.23. The normalized spacial score (nSPS) is 11.0. The topological polar surface area (TPSA) is 55.1 Å². The number of aryl methyl sites for hydroxylation is 2. The first kappa shape index (κ1) is 13.1. The zero-order chi connectivity index (χ0) is 13.1. The number of carboxylic acid groups (broad SMARTS) is 1. The Labute approximate surface area is 114 Å². The van der Waals surface area contributed by atoms with Crippen molar-refractivity contribution in [2.75, 3.05) is 0 Å². The summed E-state index contributed by atoms with van der Waals surface area (Å²) >= 11 is 3.43. The van der Waals surface area contributed by atoms with Crippen LogP contribution in [0.15, 0.2) is 22.7 Å². The lowest BCUT2D eigenvalue weighted by Gasteiger charge is -2.05. The van der Waals surface area contributed by atoms with Gasteiger partial charge >= 0.3 is 5.97 Å². The zero-order valence-electron chi connectivity index (χ0n) is 10.2. The van der Waals surface area contributed by atoms with Crippen molar-refractivity contribution >= 4 is 32.9 Å². The average molecular weight is 311 g/mol. The Balaban J connectivity index is 2.29. The maximum absolute atomic E-state index is 10.5. The molecule has 0 saturated heterocycles. The minimum absolute atomic E-state index is 0.191. The number of carbonyl (C=O) groups is 1. The highest BCUT2D eigenvalue weighted by molar-refractivity contribution is 9.10. The molecule has 0 aliphatic rings. The molecule has 96 valence electrons. The van der Waals surface area contributed by atoms with E-state index < -0.39 is 5.97 Å². The molecule has 2 aromatic rings. The van der Waals surface area contributed by atoms with Gasteiger partial charge in [-0.15, -0.1) is 0 Å². The molecule has 18 heavy (non-hydrogen) atoms. The predicted molar refractivity (Wildman–Crippen MR) is 73.7 cm³/mol. The summed E-state index contributed by atoms with van der Waals surface area (Å²) in [6.45, 7) is 2.92. The standard InChI is InChI=1S/C13H15BrN2O2/c1-2-16-11-7-6-9(14)8-10(11)15-12(16)4-3-5-13(17)18/h6-8H,2-5H2,1H3,(H,17,18). The lowest BCUT2D eigenvalue weighted by molar-refractivity contribution is -0.137. The first-order valence-corrected chi connectivity index (χ1v) is 6.77. The van der Waals surface area contributed by atoms with Gasteiger partial charge in [-0.1, -0.05) is 15.9 Å². The van der Waals surface area contributed by atoms with Crippen LogP contribution in [0.25, 0.3) is 11.0 Å². The van der Waals surface area contributed by atoms with Gasteiger partial charge in [0.05, 0.1) is 11.0 Å². The highest BCUT2D eigenvalue weighted by atomic mass is 79.9. The lowest BCUT2D eigenvalue weighted by Crippen LogP contribution is -2.03. The molecule has 5 heteroatoms. The number of aliphatic carboxylic acids is 1. The highest BCUT2D eigenvalue weighted by Crippen LogP contribution is 2.21. The van der Waals surface area contributed by atoms with Gasteiger partial charge in [0.25, 0.3) is 0 Å². The van der Waals surface area contributed by atoms with E-state index in [1.54, 1.807) is 0 Å². The van der Waals surface area contributed by atoms with Gasteiger partial charge in [-0.3, -0.25) is 4.79 Å². The van der Waals surface area contributed by atoms with Crippen molar-refractivity contribution in [2.45, 2.75) is 32.7 Å². The number of aromatic nitrogens is 2. The second-order valence-electron chi connectivity index (χ2n) is 4.15. The summed E-state index contributed by atoms with van der Waals surface area (Å²) in [6, 6.07) is 6.02. The number of benzene rings is 1. The number of hydrogen-bond acceptors (Lipinski definition) is 2. The molecule has 0 amide bonds. The van der Waals surface area contributed by atoms with Crippen molar-refractivity contribution in [1.82, 2.24) is 9.55 Å². The first-order chi connectivity index (χ1) is 8.61. The molecule has 2 rings (SSSR count). The van der Waals surface area contributed by atoms with E-state index in [0.29, 0.717) is 12.8 Å². The second-order valence-corrected chi connectivity index (χ2v) is 5.07. The molecule has 1 aromatic carbocycles. The number of carboxylic acids is 1. The summed E-state index contributed by atoms with van der Waals surface area (Å²) in [5, 5.41) is 8.66. The van der Waals surface area contributed by atoms with Crippen molar-refractivity contribution in [2.24, 2.45) is 0 Å². The van der Waals surface area contributed by atoms with E-state index in [1.165, 1.54) is 0 Å². The number of halogens is 1. The summed E-state index contributed by atoms with van der Waals surface area (Å²) in [6.07, 6.45) is 1.52. The van der Waals surface area contributed by atoms with Crippen LogP contribution in [0.5, 0.6) is 0 Å². The molecule has 0 aliphatic carbocycles. The Bertz CT molecular complexity index is 578. The van der Waals surface area contributed by atoms with Crippen LogP contribution in [0.3, 0.4) is 0 Å². The SMILES string of the molecule is CCn1c(CCCC(=O)O)nc2cc(Br)ccc21. The van der Waals surface area contributed by atoms with Crippen molar-refractivity contribution < 1.29 is 9.90 Å². The molecule has 0 spiro atoms. The van der Waals surface area contributed by atoms with E-state index in [2.05, 4.69) is 32.4 Å². The molecule has 1 N–H and O–H groups in total. The van der Waals surface area contributed by atoms with Crippen molar-refractivity contribution in [3.63, 3.8) is 0 Å². The average Bonchev–Trinajstić information content (AvgIpc) is 2.65. The van der Waals surface area contributed by atoms with Crippen LogP contribution in [0.2, 0.25) is 0 Å². The fourth-order valence-corrected chi connectivity index (χ4v) is 2.44. The molecule has 0 fully saturated rings. The van der Waals surface area contributed by atoms with Crippen LogP contribution in [0, 0.1) is 0 Å². The summed E-state index contributed by atoms with van der Waals surface area (Å²) in [7, 11) is 0. The minimum atomic E-state index is -0.753. The van der Waals surface area contributed by atoms with Gasteiger partial charge in [0.15, 0.2) is 0 Å². The molecule has 0 unspecified atom stereocenters. The Morgan fingerprint density at radius 3 is 2.94 bits per heavy atom. The van der Waals surface area contributed by atoms with Crippen molar-refractivity contribution in [3.05, 3.63) is 28.5 Å². The van der Waals surface area contributed by atoms with Crippen molar-refractivity contribution in [3.8, 4) is 0 Å². The van der Waals surface area contributed by atoms with Gasteiger partial charge < -0.3 is 9.67 Å². The summed E-state index contributed by atoms with van der Waals surface area (Å²) < 4.78 is 3.15. The van der Waals surface area contributed by atoms with Crippen LogP contribution in [-0.4, -0.2) is 20.6 Å². The molecule has 4 nitrogen and oxygen atoms in total. The van der Waals surface area contributed by atoms with Crippen LogP contribution >= 0.6 is 15.9 Å². The third kappa shape index (κ3) is 2.72. The number of fused-ring (bicyclic) bond motifs is 1. The molecule has 0 bridgehead atoms. The Morgan fingerprint density at radius 1 is 1.50 bits per heavy atom. The van der Waals surface area contributed by atoms with E-state index in [0.717, 1.165) is 27.9 Å². The van der Waals surface area contributed by atoms with E-state index in [-0.39, 0.29) is 6.42 Å². The number of hydrogen-bond donors (Lipinski definition) is 1. The monoisotopic (exact) mass is 310 g/mol. The Hall–Kier alpha value is -1.36. The minimum Gasteiger partial charge on any atom is -0.481 e. The highest BCUT2D eigenvalue weighted by Gasteiger charge is 2.10. The van der Waals surface area contributed by atoms with Crippen molar-refractivity contribution in [1.29, 1.82) is 0 Å². The quantitative estimate of drug-likeness (QED) is 0.922. The van der Waals surface area contributed by atoms with E-state index in [1.807, 2.05) is 18.2 Å². The van der Waals surface area contributed by atoms with Gasteiger partial charge in [0, 0.05) is 23.9 Å². The van der Waals surface area contributed by atoms with E-state index in [9.17, 15) is 4.79 Å². The van der Waals surface area contributed by atoms with E-state index >= 15 is 0 Å². The fraction of sp³-hybridized carbons (Fsp3) is 0.385. The van der Waals surface area contributed by atoms with Crippen LogP contribution < -0.4 is 0 Å². The molecule has 0 saturated carbocycles. The molecule has 0 aliphatic heterocycles. The van der Waals surface area contributed by atoms with Gasteiger partial charge in [0.1, 0.15) is 5.82 Å². The Kier molecular flexibility index (Phi) is 4.01. The second kappa shape index (κ2) is 5.52. The third-order valence-corrected chi connectivity index (χ3v) is 3.39. The van der Waals surface area contributed by atoms with Crippen LogP contribution in [0.1, 0.15) is 25.6 Å². The summed E-state index contributed by atoms with van der Waals surface area (Å²) in [5.74, 6) is 0.212. The van der Waals surface area contributed by atoms with Crippen LogP contribution in [0.4, 0.5) is 0 Å².